The Labute approximate surface area is 123 Å². The molecule has 0 aliphatic carbocycles. The van der Waals surface area contributed by atoms with Crippen LogP contribution in [0.5, 0.6) is 5.75 Å². The monoisotopic (exact) mass is 296 g/mol. The van der Waals surface area contributed by atoms with E-state index in [4.69, 9.17) is 9.84 Å². The Morgan fingerprint density at radius 2 is 2.10 bits per heavy atom. The van der Waals surface area contributed by atoms with Gasteiger partial charge in [-0.25, -0.2) is 4.79 Å². The van der Waals surface area contributed by atoms with Crippen molar-refractivity contribution in [2.45, 2.75) is 45.9 Å². The Morgan fingerprint density at radius 3 is 2.57 bits per heavy atom. The number of benzene rings is 1. The lowest BCUT2D eigenvalue weighted by Crippen LogP contribution is -2.35. The average molecular weight is 296 g/mol. The molecule has 2 N–H and O–H groups in total. The van der Waals surface area contributed by atoms with Gasteiger partial charge in [-0.05, 0) is 39.3 Å². The van der Waals surface area contributed by atoms with E-state index >= 15 is 0 Å². The first-order valence-electron chi connectivity index (χ1n) is 6.52. The van der Waals surface area contributed by atoms with Crippen LogP contribution in [0.25, 0.3) is 0 Å². The van der Waals surface area contributed by atoms with E-state index in [0.717, 1.165) is 5.56 Å². The molecule has 0 aromatic heterocycles. The molecular weight excluding hydrogens is 276 g/mol. The molecule has 0 saturated heterocycles. The van der Waals surface area contributed by atoms with Crippen LogP contribution in [0.4, 0.5) is 5.69 Å². The topological polar surface area (TPSA) is 102 Å². The van der Waals surface area contributed by atoms with Crippen molar-refractivity contribution in [3.63, 3.8) is 0 Å². The SMILES string of the molecule is CC(Oc1ccc(CNC(C)(C)C)cc1[N+](=O)[O-])C(=O)O. The predicted molar refractivity (Wildman–Crippen MR) is 77.4 cm³/mol. The van der Waals surface area contributed by atoms with E-state index in [9.17, 15) is 14.9 Å². The molecule has 116 valence electrons. The summed E-state index contributed by atoms with van der Waals surface area (Å²) in [6.07, 6.45) is -1.15. The molecule has 7 nitrogen and oxygen atoms in total. The molecule has 0 saturated carbocycles. The summed E-state index contributed by atoms with van der Waals surface area (Å²) in [6.45, 7) is 7.77. The van der Waals surface area contributed by atoms with Crippen LogP contribution in [0.2, 0.25) is 0 Å². The Morgan fingerprint density at radius 1 is 1.48 bits per heavy atom. The highest BCUT2D eigenvalue weighted by molar-refractivity contribution is 5.72. The lowest BCUT2D eigenvalue weighted by Gasteiger charge is -2.20. The molecule has 0 amide bonds. The average Bonchev–Trinajstić information content (AvgIpc) is 2.36. The maximum atomic E-state index is 11.1. The molecular formula is C14H20N2O5. The van der Waals surface area contributed by atoms with Crippen molar-refractivity contribution >= 4 is 11.7 Å². The largest absolute Gasteiger partial charge is 0.479 e. The number of carboxylic acid groups (broad SMARTS) is 1. The van der Waals surface area contributed by atoms with Gasteiger partial charge in [0.1, 0.15) is 0 Å². The van der Waals surface area contributed by atoms with Crippen LogP contribution >= 0.6 is 0 Å². The summed E-state index contributed by atoms with van der Waals surface area (Å²) in [7, 11) is 0. The highest BCUT2D eigenvalue weighted by atomic mass is 16.6. The van der Waals surface area contributed by atoms with Crippen molar-refractivity contribution in [2.75, 3.05) is 0 Å². The van der Waals surface area contributed by atoms with Crippen LogP contribution in [-0.2, 0) is 11.3 Å². The van der Waals surface area contributed by atoms with Crippen molar-refractivity contribution in [2.24, 2.45) is 0 Å². The van der Waals surface area contributed by atoms with Gasteiger partial charge >= 0.3 is 11.7 Å². The fraction of sp³-hybridized carbons (Fsp3) is 0.500. The highest BCUT2D eigenvalue weighted by Gasteiger charge is 2.21. The molecule has 0 aliphatic heterocycles. The predicted octanol–water partition coefficient (Wildman–Crippen LogP) is 2.33. The van der Waals surface area contributed by atoms with Gasteiger partial charge in [-0.2, -0.15) is 0 Å². The number of ether oxygens (including phenoxy) is 1. The fourth-order valence-corrected chi connectivity index (χ4v) is 1.52. The van der Waals surface area contributed by atoms with Crippen molar-refractivity contribution < 1.29 is 19.6 Å². The summed E-state index contributed by atoms with van der Waals surface area (Å²) in [6, 6.07) is 4.50. The minimum atomic E-state index is -1.18. The third-order valence-electron chi connectivity index (χ3n) is 2.69. The number of nitrogens with zero attached hydrogens (tertiary/aromatic N) is 1. The molecule has 1 aromatic rings. The van der Waals surface area contributed by atoms with E-state index in [1.165, 1.54) is 19.1 Å². The maximum absolute atomic E-state index is 11.1. The summed E-state index contributed by atoms with van der Waals surface area (Å²) in [5, 5.41) is 23.1. The summed E-state index contributed by atoms with van der Waals surface area (Å²) in [5.41, 5.74) is 0.380. The molecule has 0 aliphatic rings. The van der Waals surface area contributed by atoms with Crippen LogP contribution < -0.4 is 10.1 Å². The second-order valence-electron chi connectivity index (χ2n) is 5.76. The lowest BCUT2D eigenvalue weighted by atomic mass is 10.1. The smallest absolute Gasteiger partial charge is 0.344 e. The van der Waals surface area contributed by atoms with Crippen molar-refractivity contribution in [3.05, 3.63) is 33.9 Å². The van der Waals surface area contributed by atoms with Crippen LogP contribution in [0, 0.1) is 10.1 Å². The Kier molecular flexibility index (Phi) is 5.26. The Balaban J connectivity index is 2.97. The summed E-state index contributed by atoms with van der Waals surface area (Å²) < 4.78 is 5.11. The Bertz CT molecular complexity index is 537. The van der Waals surface area contributed by atoms with Gasteiger partial charge < -0.3 is 15.2 Å². The molecule has 1 aromatic carbocycles. The van der Waals surface area contributed by atoms with Crippen LogP contribution in [-0.4, -0.2) is 27.6 Å². The van der Waals surface area contributed by atoms with Gasteiger partial charge in [0.15, 0.2) is 11.9 Å². The minimum absolute atomic E-state index is 0.0468. The molecule has 0 bridgehead atoms. The van der Waals surface area contributed by atoms with Gasteiger partial charge in [0.05, 0.1) is 4.92 Å². The zero-order valence-electron chi connectivity index (χ0n) is 12.5. The number of rotatable bonds is 6. The van der Waals surface area contributed by atoms with Gasteiger partial charge in [0, 0.05) is 18.2 Å². The third-order valence-corrected chi connectivity index (χ3v) is 2.69. The molecule has 0 fully saturated rings. The van der Waals surface area contributed by atoms with Gasteiger partial charge in [0.2, 0.25) is 0 Å². The number of aliphatic carboxylic acids is 1. The van der Waals surface area contributed by atoms with Crippen molar-refractivity contribution in [3.8, 4) is 5.75 Å². The molecule has 1 atom stereocenters. The number of hydrogen-bond acceptors (Lipinski definition) is 5. The van der Waals surface area contributed by atoms with Crippen LogP contribution in [0.3, 0.4) is 0 Å². The van der Waals surface area contributed by atoms with E-state index in [0.29, 0.717) is 6.54 Å². The second kappa shape index (κ2) is 6.53. The standard InChI is InChI=1S/C14H20N2O5/c1-9(13(17)18)21-12-6-5-10(7-11(12)16(19)20)8-15-14(2,3)4/h5-7,9,15H,8H2,1-4H3,(H,17,18). The number of nitro benzene ring substituents is 1. The number of carboxylic acids is 1. The zero-order chi connectivity index (χ0) is 16.2. The maximum Gasteiger partial charge on any atom is 0.344 e. The first-order valence-corrected chi connectivity index (χ1v) is 6.52. The highest BCUT2D eigenvalue weighted by Crippen LogP contribution is 2.29. The van der Waals surface area contributed by atoms with E-state index in [1.807, 2.05) is 20.8 Å². The van der Waals surface area contributed by atoms with Gasteiger partial charge in [-0.1, -0.05) is 6.07 Å². The minimum Gasteiger partial charge on any atom is -0.479 e. The zero-order valence-corrected chi connectivity index (χ0v) is 12.5. The van der Waals surface area contributed by atoms with Crippen LogP contribution in [0.1, 0.15) is 33.3 Å². The molecule has 0 radical (unpaired) electrons. The summed E-state index contributed by atoms with van der Waals surface area (Å²) >= 11 is 0. The number of nitrogens with one attached hydrogen (secondary N) is 1. The molecule has 1 rings (SSSR count). The van der Waals surface area contributed by atoms with E-state index in [1.54, 1.807) is 6.07 Å². The van der Waals surface area contributed by atoms with Gasteiger partial charge in [-0.3, -0.25) is 10.1 Å². The third kappa shape index (κ3) is 5.39. The summed E-state index contributed by atoms with van der Waals surface area (Å²) in [4.78, 5) is 21.3. The molecule has 0 spiro atoms. The molecule has 0 heterocycles. The van der Waals surface area contributed by atoms with Gasteiger partial charge in [-0.15, -0.1) is 0 Å². The lowest BCUT2D eigenvalue weighted by molar-refractivity contribution is -0.386. The fourth-order valence-electron chi connectivity index (χ4n) is 1.52. The van der Waals surface area contributed by atoms with Crippen LogP contribution in [0.15, 0.2) is 18.2 Å². The van der Waals surface area contributed by atoms with Gasteiger partial charge in [0.25, 0.3) is 0 Å². The number of carbonyl (C=O) groups is 1. The molecule has 7 heteroatoms. The Hall–Kier alpha value is -2.15. The van der Waals surface area contributed by atoms with Crippen molar-refractivity contribution in [1.82, 2.24) is 5.32 Å². The summed E-state index contributed by atoms with van der Waals surface area (Å²) in [5.74, 6) is -1.22. The quantitative estimate of drug-likeness (QED) is 0.617. The number of hydrogen-bond donors (Lipinski definition) is 2. The normalized spacial score (nSPS) is 12.8. The second-order valence-corrected chi connectivity index (χ2v) is 5.76. The first-order chi connectivity index (χ1) is 9.60. The molecule has 1 unspecified atom stereocenters. The first kappa shape index (κ1) is 16.9. The van der Waals surface area contributed by atoms with E-state index in [2.05, 4.69) is 5.32 Å². The number of nitro groups is 1. The van der Waals surface area contributed by atoms with E-state index < -0.39 is 17.0 Å². The van der Waals surface area contributed by atoms with Crippen molar-refractivity contribution in [1.29, 1.82) is 0 Å². The molecule has 21 heavy (non-hydrogen) atoms. The van der Waals surface area contributed by atoms with E-state index in [-0.39, 0.29) is 17.0 Å².